The summed E-state index contributed by atoms with van der Waals surface area (Å²) >= 11 is 0. The maximum absolute atomic E-state index is 12.1. The highest BCUT2D eigenvalue weighted by atomic mass is 16.2. The minimum atomic E-state index is 0.0585. The Morgan fingerprint density at radius 3 is 2.63 bits per heavy atom. The molecule has 19 heavy (non-hydrogen) atoms. The van der Waals surface area contributed by atoms with Crippen LogP contribution in [0, 0.1) is 0 Å². The fourth-order valence-corrected chi connectivity index (χ4v) is 2.36. The lowest BCUT2D eigenvalue weighted by molar-refractivity contribution is -0.132. The van der Waals surface area contributed by atoms with Crippen LogP contribution in [-0.2, 0) is 11.2 Å². The van der Waals surface area contributed by atoms with Crippen molar-refractivity contribution >= 4 is 5.91 Å². The predicted molar refractivity (Wildman–Crippen MR) is 73.5 cm³/mol. The van der Waals surface area contributed by atoms with Crippen molar-refractivity contribution in [1.29, 1.82) is 0 Å². The van der Waals surface area contributed by atoms with Crippen LogP contribution in [0.4, 0.5) is 0 Å². The Bertz CT molecular complexity index is 460. The van der Waals surface area contributed by atoms with Gasteiger partial charge in [0.05, 0.1) is 0 Å². The summed E-state index contributed by atoms with van der Waals surface area (Å²) in [5.74, 6) is 0.197. The van der Waals surface area contributed by atoms with Crippen molar-refractivity contribution < 1.29 is 4.79 Å². The Morgan fingerprint density at radius 2 is 2.00 bits per heavy atom. The first-order chi connectivity index (χ1) is 9.29. The zero-order chi connectivity index (χ0) is 13.5. The van der Waals surface area contributed by atoms with Gasteiger partial charge in [0.15, 0.2) is 0 Å². The van der Waals surface area contributed by atoms with Gasteiger partial charge >= 0.3 is 0 Å². The Labute approximate surface area is 112 Å². The zero-order valence-corrected chi connectivity index (χ0v) is 10.9. The third kappa shape index (κ3) is 4.00. The van der Waals surface area contributed by atoms with Gasteiger partial charge in [-0.3, -0.25) is 4.79 Å². The molecule has 1 heterocycles. The smallest absolute Gasteiger partial charge is 0.222 e. The minimum Gasteiger partial charge on any atom is -0.343 e. The summed E-state index contributed by atoms with van der Waals surface area (Å²) in [7, 11) is 0. The molecule has 0 atom stereocenters. The second-order valence-corrected chi connectivity index (χ2v) is 4.80. The molecule has 1 aromatic carbocycles. The molecule has 0 aromatic heterocycles. The molecule has 0 bridgehead atoms. The molecule has 1 amide bonds. The van der Waals surface area contributed by atoms with Crippen LogP contribution >= 0.6 is 0 Å². The van der Waals surface area contributed by atoms with E-state index in [1.54, 1.807) is 0 Å². The van der Waals surface area contributed by atoms with Crippen LogP contribution in [0.5, 0.6) is 0 Å². The molecule has 1 fully saturated rings. The number of nitrogens with zero attached hydrogens (tertiary/aromatic N) is 4. The van der Waals surface area contributed by atoms with E-state index in [4.69, 9.17) is 5.53 Å². The molecule has 0 aliphatic carbocycles. The molecule has 0 spiro atoms. The standard InChI is InChI=1S/C14H18N4O/c15-17-16-13-8-10-18(11-9-13)14(19)7-6-12-4-2-1-3-5-12/h1-5,13H,6-11H2. The van der Waals surface area contributed by atoms with Gasteiger partial charge in [0.25, 0.3) is 0 Å². The predicted octanol–water partition coefficient (Wildman–Crippen LogP) is 2.92. The Morgan fingerprint density at radius 1 is 1.32 bits per heavy atom. The molecule has 0 saturated carbocycles. The lowest BCUT2D eigenvalue weighted by atomic mass is 10.0. The number of benzene rings is 1. The van der Waals surface area contributed by atoms with Crippen molar-refractivity contribution in [2.24, 2.45) is 5.11 Å². The quantitative estimate of drug-likeness (QED) is 0.465. The summed E-state index contributed by atoms with van der Waals surface area (Å²) in [5, 5.41) is 3.71. The maximum Gasteiger partial charge on any atom is 0.222 e. The normalized spacial score (nSPS) is 15.9. The second-order valence-electron chi connectivity index (χ2n) is 4.80. The molecule has 0 radical (unpaired) electrons. The average Bonchev–Trinajstić information content (AvgIpc) is 2.47. The molecule has 100 valence electrons. The van der Waals surface area contributed by atoms with Crippen molar-refractivity contribution in [3.63, 3.8) is 0 Å². The lowest BCUT2D eigenvalue weighted by Gasteiger charge is -2.30. The van der Waals surface area contributed by atoms with Crippen molar-refractivity contribution in [1.82, 2.24) is 4.90 Å². The number of hydrogen-bond donors (Lipinski definition) is 0. The first kappa shape index (κ1) is 13.4. The van der Waals surface area contributed by atoms with Crippen molar-refractivity contribution in [2.45, 2.75) is 31.7 Å². The number of carbonyl (C=O) groups is 1. The van der Waals surface area contributed by atoms with Gasteiger partial charge in [0.1, 0.15) is 0 Å². The summed E-state index contributed by atoms with van der Waals surface area (Å²) in [6.07, 6.45) is 2.90. The fourth-order valence-electron chi connectivity index (χ4n) is 2.36. The van der Waals surface area contributed by atoms with Gasteiger partial charge in [-0.15, -0.1) is 0 Å². The lowest BCUT2D eigenvalue weighted by Crippen LogP contribution is -2.39. The molecule has 2 rings (SSSR count). The van der Waals surface area contributed by atoms with E-state index in [0.717, 1.165) is 19.3 Å². The minimum absolute atomic E-state index is 0.0585. The number of rotatable bonds is 4. The number of azide groups is 1. The number of aryl methyl sites for hydroxylation is 1. The van der Waals surface area contributed by atoms with E-state index < -0.39 is 0 Å². The molecule has 5 heteroatoms. The van der Waals surface area contributed by atoms with Gasteiger partial charge < -0.3 is 4.90 Å². The van der Waals surface area contributed by atoms with E-state index in [1.807, 2.05) is 35.2 Å². The molecular formula is C14H18N4O. The van der Waals surface area contributed by atoms with Crippen LogP contribution in [-0.4, -0.2) is 29.9 Å². The third-order valence-corrected chi connectivity index (χ3v) is 3.50. The topological polar surface area (TPSA) is 69.1 Å². The summed E-state index contributed by atoms with van der Waals surface area (Å²) in [5.41, 5.74) is 9.58. The first-order valence-electron chi connectivity index (χ1n) is 6.65. The summed E-state index contributed by atoms with van der Waals surface area (Å²) in [6.45, 7) is 1.41. The number of carbonyl (C=O) groups excluding carboxylic acids is 1. The molecule has 1 aromatic rings. The maximum atomic E-state index is 12.1. The zero-order valence-electron chi connectivity index (χ0n) is 10.9. The molecule has 1 aliphatic heterocycles. The summed E-state index contributed by atoms with van der Waals surface area (Å²) < 4.78 is 0. The number of likely N-dealkylation sites (tertiary alicyclic amines) is 1. The molecule has 1 aliphatic rings. The highest BCUT2D eigenvalue weighted by Gasteiger charge is 2.21. The van der Waals surface area contributed by atoms with Crippen molar-refractivity contribution in [2.75, 3.05) is 13.1 Å². The van der Waals surface area contributed by atoms with E-state index in [-0.39, 0.29) is 11.9 Å². The Balaban J connectivity index is 1.77. The van der Waals surface area contributed by atoms with Gasteiger partial charge in [-0.25, -0.2) is 0 Å². The van der Waals surface area contributed by atoms with Gasteiger partial charge in [-0.05, 0) is 30.4 Å². The summed E-state index contributed by atoms with van der Waals surface area (Å²) in [4.78, 5) is 16.8. The van der Waals surface area contributed by atoms with Crippen LogP contribution in [0.25, 0.3) is 10.4 Å². The first-order valence-corrected chi connectivity index (χ1v) is 6.65. The highest BCUT2D eigenvalue weighted by Crippen LogP contribution is 2.15. The van der Waals surface area contributed by atoms with E-state index >= 15 is 0 Å². The van der Waals surface area contributed by atoms with Crippen LogP contribution in [0.1, 0.15) is 24.8 Å². The number of amides is 1. The summed E-state index contributed by atoms with van der Waals surface area (Å²) in [6, 6.07) is 10.1. The Kier molecular flexibility index (Phi) is 4.81. The molecule has 5 nitrogen and oxygen atoms in total. The van der Waals surface area contributed by atoms with E-state index in [0.29, 0.717) is 19.5 Å². The molecule has 0 N–H and O–H groups in total. The number of hydrogen-bond acceptors (Lipinski definition) is 2. The van der Waals surface area contributed by atoms with Gasteiger partial charge in [-0.1, -0.05) is 35.4 Å². The highest BCUT2D eigenvalue weighted by molar-refractivity contribution is 5.76. The van der Waals surface area contributed by atoms with Crippen molar-refractivity contribution in [3.8, 4) is 0 Å². The largest absolute Gasteiger partial charge is 0.343 e. The average molecular weight is 258 g/mol. The van der Waals surface area contributed by atoms with Crippen LogP contribution in [0.2, 0.25) is 0 Å². The van der Waals surface area contributed by atoms with E-state index in [9.17, 15) is 4.79 Å². The Hall–Kier alpha value is -2.00. The van der Waals surface area contributed by atoms with Crippen LogP contribution in [0.3, 0.4) is 0 Å². The molecule has 1 saturated heterocycles. The monoisotopic (exact) mass is 258 g/mol. The fraction of sp³-hybridized carbons (Fsp3) is 0.500. The second kappa shape index (κ2) is 6.81. The third-order valence-electron chi connectivity index (χ3n) is 3.50. The van der Waals surface area contributed by atoms with Crippen molar-refractivity contribution in [3.05, 3.63) is 46.3 Å². The van der Waals surface area contributed by atoms with Gasteiger partial charge in [-0.2, -0.15) is 0 Å². The van der Waals surface area contributed by atoms with E-state index in [2.05, 4.69) is 10.0 Å². The van der Waals surface area contributed by atoms with Crippen LogP contribution < -0.4 is 0 Å². The van der Waals surface area contributed by atoms with E-state index in [1.165, 1.54) is 5.56 Å². The SMILES string of the molecule is [N-]=[N+]=NC1CCN(C(=O)CCc2ccccc2)CC1. The van der Waals surface area contributed by atoms with Crippen LogP contribution in [0.15, 0.2) is 35.4 Å². The van der Waals surface area contributed by atoms with Gasteiger partial charge in [0, 0.05) is 30.5 Å². The van der Waals surface area contributed by atoms with Gasteiger partial charge in [0.2, 0.25) is 5.91 Å². The molecule has 0 unspecified atom stereocenters. The number of piperidine rings is 1. The molecular weight excluding hydrogens is 240 g/mol.